The van der Waals surface area contributed by atoms with Gasteiger partial charge < -0.3 is 4.74 Å². The summed E-state index contributed by atoms with van der Waals surface area (Å²) < 4.78 is 5.71. The van der Waals surface area contributed by atoms with Crippen LogP contribution in [0.25, 0.3) is 0 Å². The molecule has 0 N–H and O–H groups in total. The molecule has 1 aliphatic carbocycles. The van der Waals surface area contributed by atoms with Crippen LogP contribution in [-0.2, 0) is 4.74 Å². The van der Waals surface area contributed by atoms with Crippen LogP contribution >= 0.6 is 0 Å². The van der Waals surface area contributed by atoms with Gasteiger partial charge in [-0.2, -0.15) is 0 Å². The molecular weight excluding hydrogens is 160 g/mol. The Bertz CT molecular complexity index is 194. The topological polar surface area (TPSA) is 12.5 Å². The molecule has 0 aromatic carbocycles. The lowest BCUT2D eigenvalue weighted by atomic mass is 9.69. The molecule has 0 bridgehead atoms. The first-order valence-electron chi connectivity index (χ1n) is 5.62. The molecule has 2 fully saturated rings. The van der Waals surface area contributed by atoms with E-state index in [4.69, 9.17) is 4.74 Å². The minimum Gasteiger partial charge on any atom is -0.366 e. The van der Waals surface area contributed by atoms with Crippen molar-refractivity contribution in [2.45, 2.75) is 65.1 Å². The Labute approximate surface area is 81.9 Å². The van der Waals surface area contributed by atoms with Crippen LogP contribution in [0.5, 0.6) is 0 Å². The molecule has 1 atom stereocenters. The summed E-state index contributed by atoms with van der Waals surface area (Å²) >= 11 is 0. The first kappa shape index (κ1) is 9.51. The van der Waals surface area contributed by atoms with E-state index in [-0.39, 0.29) is 0 Å². The van der Waals surface area contributed by atoms with Gasteiger partial charge in [-0.1, -0.05) is 20.8 Å². The highest BCUT2D eigenvalue weighted by Gasteiger charge is 2.55. The van der Waals surface area contributed by atoms with E-state index < -0.39 is 0 Å². The van der Waals surface area contributed by atoms with E-state index in [1.54, 1.807) is 0 Å². The molecule has 1 heteroatoms. The molecule has 1 unspecified atom stereocenters. The lowest BCUT2D eigenvalue weighted by molar-refractivity contribution is 0.125. The summed E-state index contributed by atoms with van der Waals surface area (Å²) in [5.74, 6) is 0.912. The van der Waals surface area contributed by atoms with Crippen LogP contribution in [0.15, 0.2) is 0 Å². The average Bonchev–Trinajstić information content (AvgIpc) is 2.60. The molecule has 0 aromatic rings. The van der Waals surface area contributed by atoms with Crippen LogP contribution < -0.4 is 0 Å². The molecule has 0 amide bonds. The Balaban J connectivity index is 1.90. The standard InChI is InChI=1S/C12H22O/c1-9-12(13-9)7-5-10(6-8-12)11(2,3)4/h9-10H,5-8H2,1-4H3. The molecule has 0 radical (unpaired) electrons. The summed E-state index contributed by atoms with van der Waals surface area (Å²) in [6, 6.07) is 0. The van der Waals surface area contributed by atoms with E-state index in [0.29, 0.717) is 17.1 Å². The first-order valence-corrected chi connectivity index (χ1v) is 5.62. The van der Waals surface area contributed by atoms with E-state index in [2.05, 4.69) is 27.7 Å². The van der Waals surface area contributed by atoms with Crippen LogP contribution in [0.3, 0.4) is 0 Å². The van der Waals surface area contributed by atoms with Crippen molar-refractivity contribution in [3.63, 3.8) is 0 Å². The fourth-order valence-electron chi connectivity index (χ4n) is 2.81. The molecule has 2 aliphatic rings. The smallest absolute Gasteiger partial charge is 0.0945 e. The predicted octanol–water partition coefficient (Wildman–Crippen LogP) is 3.38. The molecule has 2 rings (SSSR count). The lowest BCUT2D eigenvalue weighted by Gasteiger charge is -2.36. The van der Waals surface area contributed by atoms with Gasteiger partial charge in [-0.15, -0.1) is 0 Å². The third kappa shape index (κ3) is 1.63. The number of hydrogen-bond donors (Lipinski definition) is 0. The van der Waals surface area contributed by atoms with Gasteiger partial charge in [-0.3, -0.25) is 0 Å². The Kier molecular flexibility index (Phi) is 1.99. The normalized spacial score (nSPS) is 45.2. The second kappa shape index (κ2) is 2.73. The first-order chi connectivity index (χ1) is 5.94. The molecule has 1 aliphatic heterocycles. The van der Waals surface area contributed by atoms with E-state index in [1.165, 1.54) is 25.7 Å². The van der Waals surface area contributed by atoms with Gasteiger partial charge in [0.2, 0.25) is 0 Å². The average molecular weight is 182 g/mol. The van der Waals surface area contributed by atoms with Crippen LogP contribution in [0.4, 0.5) is 0 Å². The summed E-state index contributed by atoms with van der Waals surface area (Å²) in [5, 5.41) is 0. The van der Waals surface area contributed by atoms with Gasteiger partial charge in [-0.25, -0.2) is 0 Å². The quantitative estimate of drug-likeness (QED) is 0.523. The summed E-state index contributed by atoms with van der Waals surface area (Å²) in [7, 11) is 0. The second-order valence-corrected chi connectivity index (χ2v) is 5.97. The lowest BCUT2D eigenvalue weighted by Crippen LogP contribution is -2.30. The number of hydrogen-bond acceptors (Lipinski definition) is 1. The van der Waals surface area contributed by atoms with Gasteiger partial charge in [0.15, 0.2) is 0 Å². The summed E-state index contributed by atoms with van der Waals surface area (Å²) in [5.41, 5.74) is 0.835. The number of ether oxygens (including phenoxy) is 1. The Morgan fingerprint density at radius 1 is 1.15 bits per heavy atom. The molecule has 0 aromatic heterocycles. The highest BCUT2D eigenvalue weighted by Crippen LogP contribution is 2.52. The van der Waals surface area contributed by atoms with Crippen molar-refractivity contribution in [3.05, 3.63) is 0 Å². The Morgan fingerprint density at radius 3 is 1.92 bits per heavy atom. The van der Waals surface area contributed by atoms with Crippen molar-refractivity contribution in [3.8, 4) is 0 Å². The van der Waals surface area contributed by atoms with Gasteiger partial charge in [-0.05, 0) is 43.9 Å². The maximum Gasteiger partial charge on any atom is 0.0945 e. The number of epoxide rings is 1. The maximum absolute atomic E-state index is 5.71. The van der Waals surface area contributed by atoms with Crippen molar-refractivity contribution in [2.75, 3.05) is 0 Å². The van der Waals surface area contributed by atoms with E-state index >= 15 is 0 Å². The van der Waals surface area contributed by atoms with Crippen LogP contribution in [-0.4, -0.2) is 11.7 Å². The number of rotatable bonds is 0. The Hall–Kier alpha value is -0.0400. The molecular formula is C12H22O. The molecule has 1 nitrogen and oxygen atoms in total. The third-order valence-corrected chi connectivity index (χ3v) is 4.15. The van der Waals surface area contributed by atoms with Crippen molar-refractivity contribution >= 4 is 0 Å². The molecule has 1 saturated heterocycles. The fraction of sp³-hybridized carbons (Fsp3) is 1.00. The van der Waals surface area contributed by atoms with E-state index in [9.17, 15) is 0 Å². The van der Waals surface area contributed by atoms with Gasteiger partial charge in [0.05, 0.1) is 11.7 Å². The van der Waals surface area contributed by atoms with Gasteiger partial charge in [0.25, 0.3) is 0 Å². The van der Waals surface area contributed by atoms with Crippen molar-refractivity contribution in [2.24, 2.45) is 11.3 Å². The zero-order valence-electron chi connectivity index (χ0n) is 9.39. The van der Waals surface area contributed by atoms with Crippen LogP contribution in [0.2, 0.25) is 0 Å². The summed E-state index contributed by atoms with van der Waals surface area (Å²) in [6.45, 7) is 9.32. The monoisotopic (exact) mass is 182 g/mol. The molecule has 1 spiro atoms. The van der Waals surface area contributed by atoms with Gasteiger partial charge in [0, 0.05) is 0 Å². The molecule has 1 saturated carbocycles. The molecule has 1 heterocycles. The van der Waals surface area contributed by atoms with Gasteiger partial charge >= 0.3 is 0 Å². The van der Waals surface area contributed by atoms with Crippen molar-refractivity contribution in [1.29, 1.82) is 0 Å². The third-order valence-electron chi connectivity index (χ3n) is 4.15. The minimum absolute atomic E-state index is 0.335. The largest absolute Gasteiger partial charge is 0.366 e. The zero-order valence-corrected chi connectivity index (χ0v) is 9.39. The van der Waals surface area contributed by atoms with Crippen LogP contribution in [0, 0.1) is 11.3 Å². The zero-order chi connectivity index (χ0) is 9.69. The Morgan fingerprint density at radius 2 is 1.62 bits per heavy atom. The second-order valence-electron chi connectivity index (χ2n) is 5.97. The predicted molar refractivity (Wildman–Crippen MR) is 54.7 cm³/mol. The minimum atomic E-state index is 0.335. The van der Waals surface area contributed by atoms with Crippen LogP contribution in [0.1, 0.15) is 53.4 Å². The van der Waals surface area contributed by atoms with E-state index in [0.717, 1.165) is 5.92 Å². The van der Waals surface area contributed by atoms with Crippen molar-refractivity contribution < 1.29 is 4.74 Å². The summed E-state index contributed by atoms with van der Waals surface area (Å²) in [6.07, 6.45) is 5.89. The van der Waals surface area contributed by atoms with Crippen molar-refractivity contribution in [1.82, 2.24) is 0 Å². The fourth-order valence-corrected chi connectivity index (χ4v) is 2.81. The maximum atomic E-state index is 5.71. The van der Waals surface area contributed by atoms with Gasteiger partial charge in [0.1, 0.15) is 0 Å². The summed E-state index contributed by atoms with van der Waals surface area (Å²) in [4.78, 5) is 0. The highest BCUT2D eigenvalue weighted by atomic mass is 16.6. The molecule has 76 valence electrons. The molecule has 13 heavy (non-hydrogen) atoms. The SMILES string of the molecule is CC1OC12CCC(C(C)(C)C)CC2. The van der Waals surface area contributed by atoms with E-state index in [1.807, 2.05) is 0 Å². The highest BCUT2D eigenvalue weighted by molar-refractivity contribution is 5.03.